The Bertz CT molecular complexity index is 427. The quantitative estimate of drug-likeness (QED) is 0.707. The Morgan fingerprint density at radius 1 is 1.06 bits per heavy atom. The van der Waals surface area contributed by atoms with Gasteiger partial charge < -0.3 is 9.80 Å². The fourth-order valence-electron chi connectivity index (χ4n) is 2.66. The third-order valence-corrected chi connectivity index (χ3v) is 3.86. The minimum atomic E-state index is 0.402. The van der Waals surface area contributed by atoms with Crippen molar-refractivity contribution in [3.63, 3.8) is 0 Å². The van der Waals surface area contributed by atoms with Gasteiger partial charge in [0.1, 0.15) is 5.82 Å². The van der Waals surface area contributed by atoms with Gasteiger partial charge >= 0.3 is 0 Å². The summed E-state index contributed by atoms with van der Waals surface area (Å²) in [5.74, 6) is 1.09. The van der Waals surface area contributed by atoms with Gasteiger partial charge in [0, 0.05) is 31.7 Å². The summed E-state index contributed by atoms with van der Waals surface area (Å²) in [6.45, 7) is 4.26. The molecule has 0 saturated carbocycles. The van der Waals surface area contributed by atoms with Gasteiger partial charge in [-0.05, 0) is 37.9 Å². The number of rotatable bonds is 1. The smallest absolute Gasteiger partial charge is 0.224 e. The van der Waals surface area contributed by atoms with Crippen LogP contribution < -0.4 is 4.90 Å². The highest BCUT2D eigenvalue weighted by atomic mass is 35.5. The van der Waals surface area contributed by atoms with Crippen molar-refractivity contribution in [2.75, 3.05) is 38.1 Å². The Hall–Kier alpha value is -0.870. The van der Waals surface area contributed by atoms with Crippen molar-refractivity contribution in [3.05, 3.63) is 16.5 Å². The van der Waals surface area contributed by atoms with Crippen LogP contribution in [0.4, 0.5) is 5.82 Å². The second-order valence-electron chi connectivity index (χ2n) is 4.89. The number of piperazine rings is 1. The number of anilines is 1. The van der Waals surface area contributed by atoms with Crippen molar-refractivity contribution in [3.8, 4) is 0 Å². The second-order valence-corrected chi connectivity index (χ2v) is 5.22. The van der Waals surface area contributed by atoms with E-state index in [0.717, 1.165) is 44.8 Å². The molecule has 0 bridgehead atoms. The third kappa shape index (κ3) is 2.11. The van der Waals surface area contributed by atoms with E-state index in [0.29, 0.717) is 5.28 Å². The van der Waals surface area contributed by atoms with Crippen LogP contribution in [0.1, 0.15) is 17.7 Å². The molecule has 1 fully saturated rings. The molecule has 0 spiro atoms. The van der Waals surface area contributed by atoms with E-state index in [-0.39, 0.29) is 0 Å². The van der Waals surface area contributed by atoms with E-state index in [9.17, 15) is 0 Å². The summed E-state index contributed by atoms with van der Waals surface area (Å²) >= 11 is 6.02. The van der Waals surface area contributed by atoms with E-state index in [1.807, 2.05) is 0 Å². The monoisotopic (exact) mass is 252 g/mol. The first-order chi connectivity index (χ1) is 8.24. The Morgan fingerprint density at radius 3 is 2.59 bits per heavy atom. The number of nitrogens with zero attached hydrogens (tertiary/aromatic N) is 4. The molecule has 5 heteroatoms. The fraction of sp³-hybridized carbons (Fsp3) is 0.667. The highest BCUT2D eigenvalue weighted by Gasteiger charge is 2.24. The van der Waals surface area contributed by atoms with Gasteiger partial charge in [-0.2, -0.15) is 0 Å². The van der Waals surface area contributed by atoms with E-state index in [1.165, 1.54) is 17.7 Å². The lowest BCUT2D eigenvalue weighted by Crippen LogP contribution is -2.45. The molecule has 1 aliphatic carbocycles. The fourth-order valence-corrected chi connectivity index (χ4v) is 2.85. The van der Waals surface area contributed by atoms with E-state index in [2.05, 4.69) is 26.8 Å². The van der Waals surface area contributed by atoms with Gasteiger partial charge in [-0.3, -0.25) is 0 Å². The largest absolute Gasteiger partial charge is 0.354 e. The first-order valence-corrected chi connectivity index (χ1v) is 6.60. The molecule has 0 aromatic carbocycles. The van der Waals surface area contributed by atoms with Crippen molar-refractivity contribution in [2.45, 2.75) is 19.3 Å². The van der Waals surface area contributed by atoms with Crippen molar-refractivity contribution in [1.82, 2.24) is 14.9 Å². The SMILES string of the molecule is CN1CCN(c2nc(Cl)nc3c2CCC3)CC1. The van der Waals surface area contributed by atoms with Gasteiger partial charge in [-0.1, -0.05) is 0 Å². The predicted octanol–water partition coefficient (Wildman–Crippen LogP) is 1.37. The minimum Gasteiger partial charge on any atom is -0.354 e. The van der Waals surface area contributed by atoms with Crippen molar-refractivity contribution >= 4 is 17.4 Å². The number of hydrogen-bond donors (Lipinski definition) is 0. The first kappa shape index (κ1) is 11.2. The molecule has 4 nitrogen and oxygen atoms in total. The van der Waals surface area contributed by atoms with E-state index >= 15 is 0 Å². The van der Waals surface area contributed by atoms with Crippen molar-refractivity contribution in [2.24, 2.45) is 0 Å². The van der Waals surface area contributed by atoms with Gasteiger partial charge in [-0.15, -0.1) is 0 Å². The molecule has 1 saturated heterocycles. The maximum Gasteiger partial charge on any atom is 0.224 e. The lowest BCUT2D eigenvalue weighted by Gasteiger charge is -2.34. The summed E-state index contributed by atoms with van der Waals surface area (Å²) in [4.78, 5) is 13.5. The Labute approximate surface area is 107 Å². The zero-order valence-corrected chi connectivity index (χ0v) is 10.9. The maximum atomic E-state index is 6.02. The summed E-state index contributed by atoms with van der Waals surface area (Å²) in [7, 11) is 2.16. The number of aromatic nitrogens is 2. The number of aryl methyl sites for hydroxylation is 1. The molecule has 1 aliphatic heterocycles. The summed E-state index contributed by atoms with van der Waals surface area (Å²) in [6, 6.07) is 0. The van der Waals surface area contributed by atoms with Crippen LogP contribution in [-0.2, 0) is 12.8 Å². The van der Waals surface area contributed by atoms with E-state index in [4.69, 9.17) is 11.6 Å². The number of fused-ring (bicyclic) bond motifs is 1. The number of likely N-dealkylation sites (N-methyl/N-ethyl adjacent to an activating group) is 1. The van der Waals surface area contributed by atoms with Gasteiger partial charge in [0.2, 0.25) is 5.28 Å². The summed E-state index contributed by atoms with van der Waals surface area (Å²) in [5.41, 5.74) is 2.50. The molecule has 1 aromatic heterocycles. The first-order valence-electron chi connectivity index (χ1n) is 6.23. The van der Waals surface area contributed by atoms with Gasteiger partial charge in [0.15, 0.2) is 0 Å². The molecular weight excluding hydrogens is 236 g/mol. The lowest BCUT2D eigenvalue weighted by molar-refractivity contribution is 0.312. The number of hydrogen-bond acceptors (Lipinski definition) is 4. The standard InChI is InChI=1S/C12H17ClN4/c1-16-5-7-17(8-6-16)11-9-3-2-4-10(9)14-12(13)15-11/h2-8H2,1H3. The maximum absolute atomic E-state index is 6.02. The molecule has 2 aliphatic rings. The highest BCUT2D eigenvalue weighted by molar-refractivity contribution is 6.28. The van der Waals surface area contributed by atoms with E-state index in [1.54, 1.807) is 0 Å². The van der Waals surface area contributed by atoms with Crippen LogP contribution in [0.25, 0.3) is 0 Å². The lowest BCUT2D eigenvalue weighted by atomic mass is 10.2. The van der Waals surface area contributed by atoms with Crippen LogP contribution in [0.15, 0.2) is 0 Å². The van der Waals surface area contributed by atoms with Crippen LogP contribution >= 0.6 is 11.6 Å². The normalized spacial score (nSPS) is 20.7. The second kappa shape index (κ2) is 4.42. The molecule has 0 amide bonds. The zero-order valence-electron chi connectivity index (χ0n) is 10.1. The molecule has 2 heterocycles. The van der Waals surface area contributed by atoms with Crippen LogP contribution in [0.3, 0.4) is 0 Å². The van der Waals surface area contributed by atoms with Crippen LogP contribution in [0, 0.1) is 0 Å². The Morgan fingerprint density at radius 2 is 1.82 bits per heavy atom. The number of halogens is 1. The highest BCUT2D eigenvalue weighted by Crippen LogP contribution is 2.30. The zero-order chi connectivity index (χ0) is 11.8. The molecule has 0 atom stereocenters. The molecule has 0 unspecified atom stereocenters. The van der Waals surface area contributed by atoms with Crippen molar-refractivity contribution in [1.29, 1.82) is 0 Å². The molecular formula is C12H17ClN4. The molecule has 1 aromatic rings. The molecule has 17 heavy (non-hydrogen) atoms. The third-order valence-electron chi connectivity index (χ3n) is 3.69. The molecule has 0 N–H and O–H groups in total. The summed E-state index contributed by atoms with van der Waals surface area (Å²) in [5, 5.41) is 0.402. The summed E-state index contributed by atoms with van der Waals surface area (Å²) < 4.78 is 0. The summed E-state index contributed by atoms with van der Waals surface area (Å²) in [6.07, 6.45) is 3.34. The molecule has 3 rings (SSSR count). The Balaban J connectivity index is 1.92. The van der Waals surface area contributed by atoms with Gasteiger partial charge in [0.05, 0.1) is 5.69 Å². The molecule has 92 valence electrons. The Kier molecular flexibility index (Phi) is 2.92. The van der Waals surface area contributed by atoms with Crippen LogP contribution in [0.2, 0.25) is 5.28 Å². The molecule has 0 radical (unpaired) electrons. The van der Waals surface area contributed by atoms with Gasteiger partial charge in [-0.25, -0.2) is 9.97 Å². The van der Waals surface area contributed by atoms with Crippen molar-refractivity contribution < 1.29 is 0 Å². The predicted molar refractivity (Wildman–Crippen MR) is 68.8 cm³/mol. The van der Waals surface area contributed by atoms with Gasteiger partial charge in [0.25, 0.3) is 0 Å². The minimum absolute atomic E-state index is 0.402. The average molecular weight is 253 g/mol. The van der Waals surface area contributed by atoms with Crippen LogP contribution in [0.5, 0.6) is 0 Å². The average Bonchev–Trinajstić information content (AvgIpc) is 2.77. The topological polar surface area (TPSA) is 32.3 Å². The van der Waals surface area contributed by atoms with E-state index < -0.39 is 0 Å². The van der Waals surface area contributed by atoms with Crippen LogP contribution in [-0.4, -0.2) is 48.1 Å².